The zero-order valence-corrected chi connectivity index (χ0v) is 12.3. The summed E-state index contributed by atoms with van der Waals surface area (Å²) in [7, 11) is 1.45. The van der Waals surface area contributed by atoms with Crippen LogP contribution in [0.1, 0.15) is 37.1 Å². The maximum atomic E-state index is 11.9. The predicted molar refractivity (Wildman–Crippen MR) is 75.3 cm³/mol. The number of nitrogens with one attached hydrogen (secondary N) is 1. The molecule has 7 heteroatoms. The molecule has 0 bridgehead atoms. The summed E-state index contributed by atoms with van der Waals surface area (Å²) < 4.78 is 0. The van der Waals surface area contributed by atoms with Crippen LogP contribution in [-0.2, 0) is 22.4 Å². The Balaban J connectivity index is 2.36. The van der Waals surface area contributed by atoms with Gasteiger partial charge in [-0.3, -0.25) is 14.5 Å². The van der Waals surface area contributed by atoms with Crippen molar-refractivity contribution in [1.29, 1.82) is 5.26 Å². The number of anilines is 1. The van der Waals surface area contributed by atoms with Gasteiger partial charge in [-0.2, -0.15) is 10.4 Å². The fraction of sp³-hybridized carbons (Fsp3) is 0.500. The average molecular weight is 287 g/mol. The van der Waals surface area contributed by atoms with Crippen molar-refractivity contribution < 1.29 is 9.59 Å². The van der Waals surface area contributed by atoms with Crippen molar-refractivity contribution in [3.63, 3.8) is 0 Å². The Morgan fingerprint density at radius 1 is 1.33 bits per heavy atom. The van der Waals surface area contributed by atoms with E-state index in [-0.39, 0.29) is 24.1 Å². The molecule has 1 N–H and O–H groups in total. The number of hydrogen-bond donors (Lipinski definition) is 1. The highest BCUT2D eigenvalue weighted by Crippen LogP contribution is 2.23. The molecule has 0 radical (unpaired) electrons. The molecule has 1 unspecified atom stereocenters. The molecule has 1 aliphatic rings. The molecule has 2 amide bonds. The number of imide groups is 1. The van der Waals surface area contributed by atoms with Crippen LogP contribution in [0.15, 0.2) is 0 Å². The van der Waals surface area contributed by atoms with E-state index in [2.05, 4.69) is 21.6 Å². The average Bonchev–Trinajstić information content (AvgIpc) is 2.73. The van der Waals surface area contributed by atoms with E-state index in [1.54, 1.807) is 0 Å². The number of likely N-dealkylation sites (N-methyl/N-ethyl adjacent to an activating group) is 1. The lowest BCUT2D eigenvalue weighted by Crippen LogP contribution is -2.32. The molecule has 7 nitrogen and oxygen atoms in total. The molecule has 1 aromatic rings. The van der Waals surface area contributed by atoms with Crippen LogP contribution in [0.2, 0.25) is 0 Å². The maximum absolute atomic E-state index is 11.9. The van der Waals surface area contributed by atoms with Gasteiger partial charge in [0.15, 0.2) is 5.82 Å². The summed E-state index contributed by atoms with van der Waals surface area (Å²) >= 11 is 0. The molecule has 0 spiro atoms. The first-order chi connectivity index (χ1) is 10.0. The summed E-state index contributed by atoms with van der Waals surface area (Å²) in [6.45, 7) is 3.89. The van der Waals surface area contributed by atoms with Crippen LogP contribution in [-0.4, -0.2) is 40.0 Å². The number of aryl methyl sites for hydroxylation is 1. The third kappa shape index (κ3) is 2.57. The van der Waals surface area contributed by atoms with Crippen LogP contribution in [0.4, 0.5) is 5.82 Å². The van der Waals surface area contributed by atoms with Crippen LogP contribution in [0, 0.1) is 11.3 Å². The smallest absolute Gasteiger partial charge is 0.251 e. The summed E-state index contributed by atoms with van der Waals surface area (Å²) in [5.41, 5.74) is 2.02. The van der Waals surface area contributed by atoms with Crippen LogP contribution >= 0.6 is 0 Å². The molecule has 21 heavy (non-hydrogen) atoms. The third-order valence-corrected chi connectivity index (χ3v) is 3.65. The first-order valence-corrected chi connectivity index (χ1v) is 6.88. The highest BCUT2D eigenvalue weighted by molar-refractivity contribution is 6.06. The van der Waals surface area contributed by atoms with Gasteiger partial charge in [0.05, 0.1) is 12.1 Å². The Morgan fingerprint density at radius 3 is 2.52 bits per heavy atom. The second-order valence-electron chi connectivity index (χ2n) is 4.86. The minimum absolute atomic E-state index is 0.0683. The van der Waals surface area contributed by atoms with E-state index < -0.39 is 6.04 Å². The minimum Gasteiger partial charge on any atom is -0.355 e. The minimum atomic E-state index is -0.680. The molecule has 0 aliphatic carbocycles. The summed E-state index contributed by atoms with van der Waals surface area (Å²) in [5.74, 6) is -0.291. The Morgan fingerprint density at radius 2 is 2.05 bits per heavy atom. The summed E-state index contributed by atoms with van der Waals surface area (Å²) in [4.78, 5) is 24.5. The first kappa shape index (κ1) is 14.9. The molecule has 0 aromatic carbocycles. The van der Waals surface area contributed by atoms with Gasteiger partial charge in [-0.15, -0.1) is 5.10 Å². The quantitative estimate of drug-likeness (QED) is 0.816. The number of nitriles is 1. The summed E-state index contributed by atoms with van der Waals surface area (Å²) in [6.07, 6.45) is 1.42. The number of nitrogens with zero attached hydrogens (tertiary/aromatic N) is 4. The lowest BCUT2D eigenvalue weighted by molar-refractivity contribution is -0.136. The van der Waals surface area contributed by atoms with Crippen molar-refractivity contribution in [2.24, 2.45) is 0 Å². The fourth-order valence-corrected chi connectivity index (χ4v) is 2.43. The van der Waals surface area contributed by atoms with Gasteiger partial charge in [-0.25, -0.2) is 0 Å². The Kier molecular flexibility index (Phi) is 4.17. The Bertz CT molecular complexity index is 635. The lowest BCUT2D eigenvalue weighted by Gasteiger charge is -2.15. The molecular weight excluding hydrogens is 270 g/mol. The van der Waals surface area contributed by atoms with Crippen molar-refractivity contribution in [3.8, 4) is 6.07 Å². The van der Waals surface area contributed by atoms with Gasteiger partial charge in [0.1, 0.15) is 17.7 Å². The second-order valence-corrected chi connectivity index (χ2v) is 4.86. The number of rotatable bonds is 4. The van der Waals surface area contributed by atoms with Gasteiger partial charge in [0.2, 0.25) is 5.91 Å². The van der Waals surface area contributed by atoms with Gasteiger partial charge in [-0.1, -0.05) is 13.8 Å². The van der Waals surface area contributed by atoms with Crippen molar-refractivity contribution in [1.82, 2.24) is 15.1 Å². The molecule has 110 valence electrons. The van der Waals surface area contributed by atoms with E-state index in [0.717, 1.165) is 16.2 Å². The van der Waals surface area contributed by atoms with E-state index in [0.29, 0.717) is 18.4 Å². The maximum Gasteiger partial charge on any atom is 0.251 e. The van der Waals surface area contributed by atoms with Gasteiger partial charge >= 0.3 is 0 Å². The Labute approximate surface area is 123 Å². The summed E-state index contributed by atoms with van der Waals surface area (Å²) in [6, 6.07) is 1.45. The Hall–Kier alpha value is -2.49. The molecule has 1 saturated heterocycles. The van der Waals surface area contributed by atoms with Crippen LogP contribution in [0.5, 0.6) is 0 Å². The van der Waals surface area contributed by atoms with Gasteiger partial charge in [-0.05, 0) is 18.4 Å². The number of carbonyl (C=O) groups excluding carboxylic acids is 2. The monoisotopic (exact) mass is 287 g/mol. The molecule has 1 aliphatic heterocycles. The predicted octanol–water partition coefficient (Wildman–Crippen LogP) is 0.642. The number of hydrogen-bond acceptors (Lipinski definition) is 6. The molecule has 2 heterocycles. The molecule has 0 saturated carbocycles. The zero-order chi connectivity index (χ0) is 15.6. The topological polar surface area (TPSA) is 99.0 Å². The van der Waals surface area contributed by atoms with E-state index in [1.807, 2.05) is 13.8 Å². The number of likely N-dealkylation sites (tertiary alicyclic amines) is 1. The normalized spacial score (nSPS) is 18.0. The van der Waals surface area contributed by atoms with Crippen molar-refractivity contribution in [2.75, 3.05) is 12.4 Å². The fourth-order valence-electron chi connectivity index (χ4n) is 2.43. The zero-order valence-electron chi connectivity index (χ0n) is 12.3. The summed E-state index contributed by atoms with van der Waals surface area (Å²) in [5, 5.41) is 20.4. The molecule has 1 fully saturated rings. The van der Waals surface area contributed by atoms with Crippen molar-refractivity contribution in [3.05, 3.63) is 16.8 Å². The van der Waals surface area contributed by atoms with Gasteiger partial charge in [0, 0.05) is 7.05 Å². The van der Waals surface area contributed by atoms with Crippen LogP contribution in [0.3, 0.4) is 0 Å². The molecule has 1 atom stereocenters. The molecule has 1 aromatic heterocycles. The third-order valence-electron chi connectivity index (χ3n) is 3.65. The number of aromatic nitrogens is 2. The first-order valence-electron chi connectivity index (χ1n) is 6.88. The lowest BCUT2D eigenvalue weighted by atomic mass is 10.0. The van der Waals surface area contributed by atoms with Crippen molar-refractivity contribution in [2.45, 2.75) is 39.2 Å². The number of amides is 2. The molecule has 2 rings (SSSR count). The standard InChI is InChI=1S/C14H17N5O2/c1-4-8-9(7-15)13(18-17-10(8)5-2)16-11-6-12(20)19(3)14(11)21/h11H,4-6H2,1-3H3,(H,16,18). The SMILES string of the molecule is CCc1nnc(NC2CC(=O)N(C)C2=O)c(C#N)c1CC. The van der Waals surface area contributed by atoms with Crippen molar-refractivity contribution >= 4 is 17.6 Å². The number of carbonyl (C=O) groups is 2. The van der Waals surface area contributed by atoms with E-state index in [9.17, 15) is 14.9 Å². The van der Waals surface area contributed by atoms with Crippen LogP contribution in [0.25, 0.3) is 0 Å². The second kappa shape index (κ2) is 5.87. The van der Waals surface area contributed by atoms with E-state index in [4.69, 9.17) is 0 Å². The van der Waals surface area contributed by atoms with E-state index >= 15 is 0 Å². The van der Waals surface area contributed by atoms with E-state index in [1.165, 1.54) is 7.05 Å². The van der Waals surface area contributed by atoms with Gasteiger partial charge < -0.3 is 5.32 Å². The van der Waals surface area contributed by atoms with Crippen LogP contribution < -0.4 is 5.32 Å². The highest BCUT2D eigenvalue weighted by Gasteiger charge is 2.36. The highest BCUT2D eigenvalue weighted by atomic mass is 16.2. The largest absolute Gasteiger partial charge is 0.355 e. The van der Waals surface area contributed by atoms with Gasteiger partial charge in [0.25, 0.3) is 5.91 Å². The molecular formula is C14H17N5O2.